The van der Waals surface area contributed by atoms with Crippen LogP contribution < -0.4 is 21.7 Å². The van der Waals surface area contributed by atoms with Crippen LogP contribution in [-0.2, 0) is 4.79 Å². The number of hydrogen-bond acceptors (Lipinski definition) is 5. The molecule has 0 amide bonds. The number of carboxylic acid groups (broad SMARTS) is 1. The summed E-state index contributed by atoms with van der Waals surface area (Å²) in [5, 5.41) is 8.52. The zero-order valence-corrected chi connectivity index (χ0v) is 9.16. The summed E-state index contributed by atoms with van der Waals surface area (Å²) in [7, 11) is 0. The normalized spacial score (nSPS) is 11.7. The van der Waals surface area contributed by atoms with Gasteiger partial charge in [0.15, 0.2) is 5.70 Å². The number of nitrogens with two attached hydrogens (primary N) is 2. The topological polar surface area (TPSA) is 111 Å². The summed E-state index contributed by atoms with van der Waals surface area (Å²) in [6.07, 6.45) is 0. The maximum Gasteiger partial charge on any atom is 0.357 e. The Bertz CT molecular complexity index is 479. The van der Waals surface area contributed by atoms with Crippen molar-refractivity contribution in [3.8, 4) is 5.75 Å². The highest BCUT2D eigenvalue weighted by Gasteiger charge is 2.12. The summed E-state index contributed by atoms with van der Waals surface area (Å²) >= 11 is 5.46. The van der Waals surface area contributed by atoms with E-state index in [0.717, 1.165) is 6.07 Å². The van der Waals surface area contributed by atoms with Gasteiger partial charge in [-0.3, -0.25) is 5.43 Å². The lowest BCUT2D eigenvalue weighted by atomic mass is 10.3. The minimum Gasteiger partial charge on any atom is -0.476 e. The van der Waals surface area contributed by atoms with Crippen molar-refractivity contribution in [3.05, 3.63) is 40.6 Å². The Labute approximate surface area is 101 Å². The average molecular weight is 262 g/mol. The molecule has 0 fully saturated rings. The highest BCUT2D eigenvalue weighted by molar-refractivity contribution is 6.30. The Hall–Kier alpha value is -1.99. The Kier molecular flexibility index (Phi) is 4.13. The van der Waals surface area contributed by atoms with E-state index in [1.54, 1.807) is 0 Å². The van der Waals surface area contributed by atoms with Crippen LogP contribution in [-0.4, -0.2) is 11.1 Å². The van der Waals surface area contributed by atoms with Gasteiger partial charge in [0, 0.05) is 6.07 Å². The summed E-state index contributed by atoms with van der Waals surface area (Å²) in [6.45, 7) is 0. The second-order valence-electron chi connectivity index (χ2n) is 2.87. The van der Waals surface area contributed by atoms with Crippen molar-refractivity contribution in [2.75, 3.05) is 0 Å². The molecule has 0 aliphatic heterocycles. The van der Waals surface area contributed by atoms with Crippen LogP contribution in [0.15, 0.2) is 29.8 Å². The molecule has 1 rings (SSSR count). The smallest absolute Gasteiger partial charge is 0.357 e. The van der Waals surface area contributed by atoms with Gasteiger partial charge in [-0.05, 0) is 12.1 Å². The van der Waals surface area contributed by atoms with E-state index in [4.69, 9.17) is 33.0 Å². The van der Waals surface area contributed by atoms with E-state index in [-0.39, 0.29) is 10.8 Å². The third-order valence-corrected chi connectivity index (χ3v) is 2.02. The standard InChI is InChI=1S/C9H9ClFN3O3/c10-5-2-1-4(3-6(5)11)17-8(14-13)7(12)9(15)16/h1-3,14H,12-13H2,(H,15,16)/b8-7+. The number of halogens is 2. The van der Waals surface area contributed by atoms with Gasteiger partial charge in [0.25, 0.3) is 0 Å². The number of hydrogen-bond donors (Lipinski definition) is 4. The first-order chi connectivity index (χ1) is 7.95. The van der Waals surface area contributed by atoms with E-state index >= 15 is 0 Å². The van der Waals surface area contributed by atoms with Crippen LogP contribution >= 0.6 is 11.6 Å². The summed E-state index contributed by atoms with van der Waals surface area (Å²) in [5.74, 6) is 2.49. The van der Waals surface area contributed by atoms with Gasteiger partial charge in [0.1, 0.15) is 11.6 Å². The molecule has 8 heteroatoms. The lowest BCUT2D eigenvalue weighted by molar-refractivity contribution is -0.132. The van der Waals surface area contributed by atoms with Crippen molar-refractivity contribution in [1.29, 1.82) is 0 Å². The van der Waals surface area contributed by atoms with Gasteiger partial charge in [-0.1, -0.05) is 11.6 Å². The molecular formula is C9H9ClFN3O3. The molecule has 0 saturated carbocycles. The van der Waals surface area contributed by atoms with Crippen molar-refractivity contribution in [1.82, 2.24) is 5.43 Å². The zero-order chi connectivity index (χ0) is 13.0. The average Bonchev–Trinajstić information content (AvgIpc) is 2.29. The molecule has 0 aliphatic carbocycles. The van der Waals surface area contributed by atoms with E-state index in [1.807, 2.05) is 5.43 Å². The monoisotopic (exact) mass is 261 g/mol. The third kappa shape index (κ3) is 3.23. The lowest BCUT2D eigenvalue weighted by Crippen LogP contribution is -2.31. The van der Waals surface area contributed by atoms with E-state index in [9.17, 15) is 9.18 Å². The maximum absolute atomic E-state index is 13.1. The van der Waals surface area contributed by atoms with Crippen molar-refractivity contribution < 1.29 is 19.0 Å². The quantitative estimate of drug-likeness (QED) is 0.272. The van der Waals surface area contributed by atoms with Crippen LogP contribution in [0.4, 0.5) is 4.39 Å². The fourth-order valence-electron chi connectivity index (χ4n) is 0.918. The lowest BCUT2D eigenvalue weighted by Gasteiger charge is -2.10. The first kappa shape index (κ1) is 13.1. The number of carbonyl (C=O) groups is 1. The fraction of sp³-hybridized carbons (Fsp3) is 0. The highest BCUT2D eigenvalue weighted by atomic mass is 35.5. The zero-order valence-electron chi connectivity index (χ0n) is 8.41. The number of ether oxygens (including phenoxy) is 1. The summed E-state index contributed by atoms with van der Waals surface area (Å²) in [4.78, 5) is 10.6. The summed E-state index contributed by atoms with van der Waals surface area (Å²) in [5.41, 5.74) is 6.51. The van der Waals surface area contributed by atoms with Gasteiger partial charge in [-0.15, -0.1) is 0 Å². The second-order valence-corrected chi connectivity index (χ2v) is 3.28. The minimum atomic E-state index is -1.42. The SMILES string of the molecule is NN/C(Oc1ccc(Cl)c(F)c1)=C(\N)C(=O)O. The second kappa shape index (κ2) is 5.37. The molecule has 17 heavy (non-hydrogen) atoms. The van der Waals surface area contributed by atoms with Crippen molar-refractivity contribution in [2.24, 2.45) is 11.6 Å². The number of hydrazine groups is 1. The number of benzene rings is 1. The molecule has 0 unspecified atom stereocenters. The first-order valence-electron chi connectivity index (χ1n) is 4.28. The van der Waals surface area contributed by atoms with Crippen LogP contribution in [0.25, 0.3) is 0 Å². The number of rotatable bonds is 4. The molecule has 0 radical (unpaired) electrons. The molecule has 0 aromatic heterocycles. The summed E-state index contributed by atoms with van der Waals surface area (Å²) in [6, 6.07) is 3.55. The Morgan fingerprint density at radius 1 is 1.53 bits per heavy atom. The first-order valence-corrected chi connectivity index (χ1v) is 4.66. The molecule has 6 nitrogen and oxygen atoms in total. The molecule has 1 aromatic rings. The van der Waals surface area contributed by atoms with Crippen LogP contribution in [0.5, 0.6) is 5.75 Å². The van der Waals surface area contributed by atoms with Crippen molar-refractivity contribution in [3.63, 3.8) is 0 Å². The molecule has 0 aliphatic rings. The predicted octanol–water partition coefficient (Wildman–Crippen LogP) is 0.534. The van der Waals surface area contributed by atoms with E-state index in [1.165, 1.54) is 12.1 Å². The Balaban J connectivity index is 3.00. The van der Waals surface area contributed by atoms with Crippen LogP contribution in [0.2, 0.25) is 5.02 Å². The van der Waals surface area contributed by atoms with E-state index in [0.29, 0.717) is 0 Å². The van der Waals surface area contributed by atoms with Crippen molar-refractivity contribution >= 4 is 17.6 Å². The highest BCUT2D eigenvalue weighted by Crippen LogP contribution is 2.21. The Morgan fingerprint density at radius 2 is 2.18 bits per heavy atom. The van der Waals surface area contributed by atoms with Gasteiger partial charge in [-0.2, -0.15) is 0 Å². The molecule has 0 saturated heterocycles. The molecule has 0 heterocycles. The molecule has 6 N–H and O–H groups in total. The summed E-state index contributed by atoms with van der Waals surface area (Å²) < 4.78 is 18.0. The van der Waals surface area contributed by atoms with Crippen LogP contribution in [0.3, 0.4) is 0 Å². The van der Waals surface area contributed by atoms with Gasteiger partial charge < -0.3 is 15.6 Å². The van der Waals surface area contributed by atoms with Gasteiger partial charge >= 0.3 is 5.97 Å². The fourth-order valence-corrected chi connectivity index (χ4v) is 1.04. The van der Waals surface area contributed by atoms with E-state index < -0.39 is 23.4 Å². The van der Waals surface area contributed by atoms with E-state index in [2.05, 4.69) is 0 Å². The van der Waals surface area contributed by atoms with Crippen LogP contribution in [0.1, 0.15) is 0 Å². The molecular weight excluding hydrogens is 253 g/mol. The number of nitrogens with one attached hydrogen (secondary N) is 1. The van der Waals surface area contributed by atoms with Gasteiger partial charge in [0.2, 0.25) is 5.88 Å². The minimum absolute atomic E-state index is 0.00375. The third-order valence-electron chi connectivity index (χ3n) is 1.72. The molecule has 0 spiro atoms. The van der Waals surface area contributed by atoms with Gasteiger partial charge in [-0.25, -0.2) is 15.0 Å². The predicted molar refractivity (Wildman–Crippen MR) is 58.2 cm³/mol. The van der Waals surface area contributed by atoms with Crippen LogP contribution in [0, 0.1) is 5.82 Å². The molecule has 1 aromatic carbocycles. The largest absolute Gasteiger partial charge is 0.476 e. The molecule has 92 valence electrons. The number of aliphatic carboxylic acids is 1. The van der Waals surface area contributed by atoms with Crippen molar-refractivity contribution in [2.45, 2.75) is 0 Å². The Morgan fingerprint density at radius 3 is 2.65 bits per heavy atom. The molecule has 0 atom stereocenters. The van der Waals surface area contributed by atoms with Gasteiger partial charge in [0.05, 0.1) is 5.02 Å². The molecule has 0 bridgehead atoms. The maximum atomic E-state index is 13.1. The number of carboxylic acids is 1.